The predicted molar refractivity (Wildman–Crippen MR) is 80.7 cm³/mol. The average molecular weight is 322 g/mol. The molecule has 5 heteroatoms. The quantitative estimate of drug-likeness (QED) is 0.729. The van der Waals surface area contributed by atoms with Gasteiger partial charge in [-0.25, -0.2) is 0 Å². The van der Waals surface area contributed by atoms with E-state index in [0.717, 1.165) is 17.7 Å². The van der Waals surface area contributed by atoms with Gasteiger partial charge in [-0.15, -0.1) is 0 Å². The first-order valence-corrected chi connectivity index (χ1v) is 7.23. The normalized spacial score (nSPS) is 12.7. The number of halogens is 3. The molecule has 0 spiro atoms. The molecule has 23 heavy (non-hydrogen) atoms. The molecule has 0 aliphatic carbocycles. The molecule has 2 aromatic rings. The predicted octanol–water partition coefficient (Wildman–Crippen LogP) is 4.94. The van der Waals surface area contributed by atoms with Crippen molar-refractivity contribution < 1.29 is 22.7 Å². The monoisotopic (exact) mass is 322 g/mol. The van der Waals surface area contributed by atoms with Crippen molar-refractivity contribution in [3.63, 3.8) is 0 Å². The molecule has 2 nitrogen and oxygen atoms in total. The Morgan fingerprint density at radius 1 is 1.04 bits per heavy atom. The number of hydrogen-bond acceptors (Lipinski definition) is 2. The fourth-order valence-corrected chi connectivity index (χ4v) is 2.17. The van der Waals surface area contributed by atoms with Crippen molar-refractivity contribution in [1.29, 1.82) is 0 Å². The van der Waals surface area contributed by atoms with Crippen LogP contribution in [0.25, 0.3) is 0 Å². The highest BCUT2D eigenvalue weighted by Crippen LogP contribution is 2.30. The molecule has 122 valence electrons. The van der Waals surface area contributed by atoms with Crippen molar-refractivity contribution in [2.45, 2.75) is 32.0 Å². The lowest BCUT2D eigenvalue weighted by Crippen LogP contribution is -2.09. The van der Waals surface area contributed by atoms with Gasteiger partial charge in [0.1, 0.15) is 6.61 Å². The van der Waals surface area contributed by atoms with Gasteiger partial charge in [0, 0.05) is 0 Å². The third-order valence-electron chi connectivity index (χ3n) is 3.52. The van der Waals surface area contributed by atoms with Crippen LogP contribution in [-0.4, -0.2) is 5.97 Å². The van der Waals surface area contributed by atoms with Crippen LogP contribution in [0.15, 0.2) is 54.6 Å². The maximum atomic E-state index is 12.5. The maximum absolute atomic E-state index is 12.5. The molecule has 2 rings (SSSR count). The van der Waals surface area contributed by atoms with E-state index in [1.165, 1.54) is 12.1 Å². The van der Waals surface area contributed by atoms with Gasteiger partial charge >= 0.3 is 12.1 Å². The lowest BCUT2D eigenvalue weighted by molar-refractivity contribution is -0.145. The van der Waals surface area contributed by atoms with Crippen LogP contribution in [-0.2, 0) is 22.3 Å². The van der Waals surface area contributed by atoms with E-state index in [2.05, 4.69) is 0 Å². The van der Waals surface area contributed by atoms with E-state index in [1.807, 2.05) is 30.3 Å². The van der Waals surface area contributed by atoms with E-state index in [1.54, 1.807) is 6.92 Å². The summed E-state index contributed by atoms with van der Waals surface area (Å²) in [5.41, 5.74) is 0.873. The van der Waals surface area contributed by atoms with Crippen molar-refractivity contribution >= 4 is 5.97 Å². The molecule has 1 atom stereocenters. The molecule has 0 bridgehead atoms. The van der Waals surface area contributed by atoms with Gasteiger partial charge < -0.3 is 4.74 Å². The first-order chi connectivity index (χ1) is 10.9. The van der Waals surface area contributed by atoms with Crippen LogP contribution >= 0.6 is 0 Å². The van der Waals surface area contributed by atoms with Crippen LogP contribution in [0, 0.1) is 0 Å². The molecule has 0 fully saturated rings. The number of hydrogen-bond donors (Lipinski definition) is 0. The molecule has 0 radical (unpaired) electrons. The molecule has 0 saturated carbocycles. The minimum atomic E-state index is -4.35. The van der Waals surface area contributed by atoms with Gasteiger partial charge in [0.2, 0.25) is 0 Å². The molecule has 0 aromatic heterocycles. The Hall–Kier alpha value is -2.30. The SMILES string of the molecule is C[C@@H](CC(=O)OCc1ccccc1)c1ccc(C(F)(F)F)cc1. The fraction of sp³-hybridized carbons (Fsp3) is 0.278. The number of carbonyl (C=O) groups is 1. The summed E-state index contributed by atoms with van der Waals surface area (Å²) >= 11 is 0. The van der Waals surface area contributed by atoms with Gasteiger partial charge in [-0.3, -0.25) is 4.79 Å². The topological polar surface area (TPSA) is 26.3 Å². The first kappa shape index (κ1) is 17.1. The van der Waals surface area contributed by atoms with Crippen LogP contribution < -0.4 is 0 Å². The first-order valence-electron chi connectivity index (χ1n) is 7.23. The third-order valence-corrected chi connectivity index (χ3v) is 3.52. The zero-order valence-electron chi connectivity index (χ0n) is 12.6. The molecule has 0 saturated heterocycles. The van der Waals surface area contributed by atoms with E-state index >= 15 is 0 Å². The van der Waals surface area contributed by atoms with Crippen LogP contribution in [0.2, 0.25) is 0 Å². The van der Waals surface area contributed by atoms with Crippen LogP contribution in [0.4, 0.5) is 13.2 Å². The summed E-state index contributed by atoms with van der Waals surface area (Å²) in [6.45, 7) is 1.98. The molecule has 0 aliphatic heterocycles. The zero-order chi connectivity index (χ0) is 16.9. The summed E-state index contributed by atoms with van der Waals surface area (Å²) in [4.78, 5) is 11.8. The second-order valence-corrected chi connectivity index (χ2v) is 5.37. The van der Waals surface area contributed by atoms with Crippen LogP contribution in [0.3, 0.4) is 0 Å². The summed E-state index contributed by atoms with van der Waals surface area (Å²) in [7, 11) is 0. The largest absolute Gasteiger partial charge is 0.461 e. The molecule has 0 unspecified atom stereocenters. The molecule has 2 aromatic carbocycles. The van der Waals surface area contributed by atoms with E-state index in [9.17, 15) is 18.0 Å². The second-order valence-electron chi connectivity index (χ2n) is 5.37. The van der Waals surface area contributed by atoms with Crippen molar-refractivity contribution in [1.82, 2.24) is 0 Å². The minimum absolute atomic E-state index is 0.123. The Morgan fingerprint density at radius 2 is 1.65 bits per heavy atom. The highest BCUT2D eigenvalue weighted by Gasteiger charge is 2.30. The molecule has 0 amide bonds. The fourth-order valence-electron chi connectivity index (χ4n) is 2.17. The maximum Gasteiger partial charge on any atom is 0.416 e. The summed E-state index contributed by atoms with van der Waals surface area (Å²) in [5.74, 6) is -0.582. The minimum Gasteiger partial charge on any atom is -0.461 e. The molecule has 0 heterocycles. The number of ether oxygens (including phenoxy) is 1. The summed E-state index contributed by atoms with van der Waals surface area (Å²) in [6, 6.07) is 14.2. The highest BCUT2D eigenvalue weighted by molar-refractivity contribution is 5.70. The molecule has 0 N–H and O–H groups in total. The Bertz CT molecular complexity index is 634. The van der Waals surface area contributed by atoms with E-state index in [-0.39, 0.29) is 24.9 Å². The van der Waals surface area contributed by atoms with Crippen molar-refractivity contribution in [2.75, 3.05) is 0 Å². The summed E-state index contributed by atoms with van der Waals surface area (Å²) in [6.07, 6.45) is -4.23. The van der Waals surface area contributed by atoms with Crippen molar-refractivity contribution in [3.05, 3.63) is 71.3 Å². The van der Waals surface area contributed by atoms with Gasteiger partial charge in [0.15, 0.2) is 0 Å². The Labute approximate surface area is 132 Å². The third kappa shape index (κ3) is 5.13. The standard InChI is InChI=1S/C18H17F3O2/c1-13(15-7-9-16(10-8-15)18(19,20)21)11-17(22)23-12-14-5-3-2-4-6-14/h2-10,13H,11-12H2,1H3/t13-/m0/s1. The molecular weight excluding hydrogens is 305 g/mol. The highest BCUT2D eigenvalue weighted by atomic mass is 19.4. The Morgan fingerprint density at radius 3 is 2.22 bits per heavy atom. The molecular formula is C18H17F3O2. The van der Waals surface area contributed by atoms with Crippen molar-refractivity contribution in [3.8, 4) is 0 Å². The Kier molecular flexibility index (Phi) is 5.42. The number of rotatable bonds is 5. The van der Waals surface area contributed by atoms with Crippen LogP contribution in [0.1, 0.15) is 36.0 Å². The van der Waals surface area contributed by atoms with Gasteiger partial charge in [0.25, 0.3) is 0 Å². The number of esters is 1. The van der Waals surface area contributed by atoms with Crippen molar-refractivity contribution in [2.24, 2.45) is 0 Å². The summed E-state index contributed by atoms with van der Waals surface area (Å²) in [5, 5.41) is 0. The van der Waals surface area contributed by atoms with Gasteiger partial charge in [-0.05, 0) is 29.2 Å². The van der Waals surface area contributed by atoms with Gasteiger partial charge in [-0.2, -0.15) is 13.2 Å². The molecule has 0 aliphatic rings. The Balaban J connectivity index is 1.88. The average Bonchev–Trinajstić information content (AvgIpc) is 2.53. The second kappa shape index (κ2) is 7.31. The zero-order valence-corrected chi connectivity index (χ0v) is 12.6. The van der Waals surface area contributed by atoms with Gasteiger partial charge in [0.05, 0.1) is 12.0 Å². The number of alkyl halides is 3. The number of carbonyl (C=O) groups excluding carboxylic acids is 1. The smallest absolute Gasteiger partial charge is 0.416 e. The van der Waals surface area contributed by atoms with E-state index in [0.29, 0.717) is 5.56 Å². The van der Waals surface area contributed by atoms with Gasteiger partial charge in [-0.1, -0.05) is 49.4 Å². The van der Waals surface area contributed by atoms with E-state index < -0.39 is 11.7 Å². The lowest BCUT2D eigenvalue weighted by Gasteiger charge is -2.13. The lowest BCUT2D eigenvalue weighted by atomic mass is 9.97. The van der Waals surface area contributed by atoms with E-state index in [4.69, 9.17) is 4.74 Å². The number of benzene rings is 2. The van der Waals surface area contributed by atoms with Crippen LogP contribution in [0.5, 0.6) is 0 Å². The summed E-state index contributed by atoms with van der Waals surface area (Å²) < 4.78 is 42.7.